The standard InChI is InChI=1S/C19H35N/c1-3-16-20-18(19(4-2)14-10-11-15-19)17-12-8-6-5-7-9-13-17/h12,18,20H,3-11,13-16H2,1-2H3. The van der Waals surface area contributed by atoms with E-state index in [1.165, 1.54) is 83.6 Å². The highest BCUT2D eigenvalue weighted by atomic mass is 14.9. The van der Waals surface area contributed by atoms with Gasteiger partial charge in [-0.1, -0.05) is 51.2 Å². The van der Waals surface area contributed by atoms with Gasteiger partial charge >= 0.3 is 0 Å². The van der Waals surface area contributed by atoms with Crippen molar-refractivity contribution in [1.29, 1.82) is 0 Å². The molecule has 2 aliphatic rings. The fourth-order valence-corrected chi connectivity index (χ4v) is 4.43. The van der Waals surface area contributed by atoms with Crippen LogP contribution in [0, 0.1) is 5.41 Å². The summed E-state index contributed by atoms with van der Waals surface area (Å²) in [5.74, 6) is 0. The first-order valence-electron chi connectivity index (χ1n) is 9.24. The van der Waals surface area contributed by atoms with Crippen molar-refractivity contribution in [3.63, 3.8) is 0 Å². The molecule has 1 fully saturated rings. The van der Waals surface area contributed by atoms with Crippen LogP contribution in [0.25, 0.3) is 0 Å². The van der Waals surface area contributed by atoms with Crippen molar-refractivity contribution in [3.8, 4) is 0 Å². The Morgan fingerprint density at radius 3 is 2.50 bits per heavy atom. The van der Waals surface area contributed by atoms with Gasteiger partial charge in [-0.05, 0) is 63.3 Å². The van der Waals surface area contributed by atoms with Gasteiger partial charge in [0, 0.05) is 6.04 Å². The van der Waals surface area contributed by atoms with Gasteiger partial charge in [0.2, 0.25) is 0 Å². The second kappa shape index (κ2) is 8.22. The molecule has 0 heterocycles. The summed E-state index contributed by atoms with van der Waals surface area (Å²) >= 11 is 0. The summed E-state index contributed by atoms with van der Waals surface area (Å²) in [6, 6.07) is 0.674. The SMILES string of the molecule is CCCNC(C1=CCCCCCC1)C1(CC)CCCC1. The van der Waals surface area contributed by atoms with E-state index in [1.54, 1.807) is 5.57 Å². The van der Waals surface area contributed by atoms with E-state index in [0.29, 0.717) is 11.5 Å². The Morgan fingerprint density at radius 1 is 1.05 bits per heavy atom. The molecule has 2 aliphatic carbocycles. The van der Waals surface area contributed by atoms with Crippen LogP contribution in [0.1, 0.15) is 90.9 Å². The molecule has 1 saturated carbocycles. The third-order valence-corrected chi connectivity index (χ3v) is 5.71. The van der Waals surface area contributed by atoms with Crippen LogP contribution in [-0.2, 0) is 0 Å². The maximum atomic E-state index is 3.95. The van der Waals surface area contributed by atoms with Gasteiger partial charge in [0.1, 0.15) is 0 Å². The minimum atomic E-state index is 0.570. The molecule has 0 spiro atoms. The van der Waals surface area contributed by atoms with E-state index in [0.717, 1.165) is 0 Å². The summed E-state index contributed by atoms with van der Waals surface area (Å²) in [6.07, 6.45) is 19.4. The minimum absolute atomic E-state index is 0.570. The second-order valence-corrected chi connectivity index (χ2v) is 7.04. The van der Waals surface area contributed by atoms with Crippen LogP contribution in [0.3, 0.4) is 0 Å². The maximum absolute atomic E-state index is 3.95. The van der Waals surface area contributed by atoms with Crippen molar-refractivity contribution in [2.75, 3.05) is 6.54 Å². The van der Waals surface area contributed by atoms with E-state index < -0.39 is 0 Å². The molecule has 1 atom stereocenters. The van der Waals surface area contributed by atoms with Crippen molar-refractivity contribution in [3.05, 3.63) is 11.6 Å². The van der Waals surface area contributed by atoms with Gasteiger partial charge in [0.05, 0.1) is 0 Å². The van der Waals surface area contributed by atoms with Gasteiger partial charge in [-0.3, -0.25) is 0 Å². The summed E-state index contributed by atoms with van der Waals surface area (Å²) in [6.45, 7) is 5.91. The molecule has 0 saturated heterocycles. The summed E-state index contributed by atoms with van der Waals surface area (Å²) < 4.78 is 0. The lowest BCUT2D eigenvalue weighted by Crippen LogP contribution is -2.45. The van der Waals surface area contributed by atoms with E-state index in [4.69, 9.17) is 0 Å². The first-order chi connectivity index (χ1) is 9.82. The lowest BCUT2D eigenvalue weighted by atomic mass is 9.71. The molecule has 1 heteroatoms. The molecule has 1 unspecified atom stereocenters. The quantitative estimate of drug-likeness (QED) is 0.623. The number of hydrogen-bond donors (Lipinski definition) is 1. The van der Waals surface area contributed by atoms with E-state index in [9.17, 15) is 0 Å². The highest BCUT2D eigenvalue weighted by Crippen LogP contribution is 2.46. The van der Waals surface area contributed by atoms with Crippen molar-refractivity contribution in [2.24, 2.45) is 5.41 Å². The van der Waals surface area contributed by atoms with Gasteiger partial charge in [0.15, 0.2) is 0 Å². The maximum Gasteiger partial charge on any atom is 0.0336 e. The van der Waals surface area contributed by atoms with Gasteiger partial charge in [-0.2, -0.15) is 0 Å². The molecular weight excluding hydrogens is 242 g/mol. The Kier molecular flexibility index (Phi) is 6.61. The van der Waals surface area contributed by atoms with E-state index in [2.05, 4.69) is 25.2 Å². The number of allylic oxidation sites excluding steroid dienone is 1. The Balaban J connectivity index is 2.16. The molecule has 2 rings (SSSR count). The topological polar surface area (TPSA) is 12.0 Å². The molecule has 1 nitrogen and oxygen atoms in total. The zero-order chi connectivity index (χ0) is 14.3. The molecule has 0 aromatic rings. The Hall–Kier alpha value is -0.300. The van der Waals surface area contributed by atoms with Crippen LogP contribution in [0.15, 0.2) is 11.6 Å². The molecule has 0 radical (unpaired) electrons. The predicted molar refractivity (Wildman–Crippen MR) is 89.1 cm³/mol. The zero-order valence-corrected chi connectivity index (χ0v) is 13.8. The van der Waals surface area contributed by atoms with Gasteiger partial charge in [-0.25, -0.2) is 0 Å². The van der Waals surface area contributed by atoms with E-state index in [-0.39, 0.29) is 0 Å². The average molecular weight is 277 g/mol. The van der Waals surface area contributed by atoms with Crippen LogP contribution in [-0.4, -0.2) is 12.6 Å². The van der Waals surface area contributed by atoms with Crippen molar-refractivity contribution in [1.82, 2.24) is 5.32 Å². The molecule has 0 bridgehead atoms. The van der Waals surface area contributed by atoms with Crippen LogP contribution < -0.4 is 5.32 Å². The predicted octanol–water partition coefficient (Wildman–Crippen LogP) is 5.61. The van der Waals surface area contributed by atoms with Crippen molar-refractivity contribution < 1.29 is 0 Å². The highest BCUT2D eigenvalue weighted by molar-refractivity contribution is 5.18. The molecule has 1 N–H and O–H groups in total. The first-order valence-corrected chi connectivity index (χ1v) is 9.24. The Morgan fingerprint density at radius 2 is 1.80 bits per heavy atom. The smallest absolute Gasteiger partial charge is 0.0336 e. The van der Waals surface area contributed by atoms with E-state index >= 15 is 0 Å². The van der Waals surface area contributed by atoms with Crippen LogP contribution in [0.2, 0.25) is 0 Å². The monoisotopic (exact) mass is 277 g/mol. The summed E-state index contributed by atoms with van der Waals surface area (Å²) in [7, 11) is 0. The van der Waals surface area contributed by atoms with Gasteiger partial charge < -0.3 is 5.32 Å². The number of hydrogen-bond acceptors (Lipinski definition) is 1. The minimum Gasteiger partial charge on any atom is -0.310 e. The molecule has 0 aromatic carbocycles. The lowest BCUT2D eigenvalue weighted by Gasteiger charge is -2.40. The molecule has 0 aliphatic heterocycles. The fourth-order valence-electron chi connectivity index (χ4n) is 4.43. The molecular formula is C19H35N. The summed E-state index contributed by atoms with van der Waals surface area (Å²) in [5.41, 5.74) is 2.34. The van der Waals surface area contributed by atoms with Gasteiger partial charge in [0.25, 0.3) is 0 Å². The largest absolute Gasteiger partial charge is 0.310 e. The summed E-state index contributed by atoms with van der Waals surface area (Å²) in [5, 5.41) is 3.95. The summed E-state index contributed by atoms with van der Waals surface area (Å²) in [4.78, 5) is 0. The second-order valence-electron chi connectivity index (χ2n) is 7.04. The van der Waals surface area contributed by atoms with Gasteiger partial charge in [-0.15, -0.1) is 0 Å². The highest BCUT2D eigenvalue weighted by Gasteiger charge is 2.40. The van der Waals surface area contributed by atoms with Crippen LogP contribution in [0.4, 0.5) is 0 Å². The number of rotatable bonds is 6. The van der Waals surface area contributed by atoms with Crippen LogP contribution >= 0.6 is 0 Å². The Bertz CT molecular complexity index is 299. The molecule has 0 amide bonds. The third kappa shape index (κ3) is 3.87. The zero-order valence-electron chi connectivity index (χ0n) is 13.8. The Labute approximate surface area is 126 Å². The normalized spacial score (nSPS) is 24.8. The van der Waals surface area contributed by atoms with Crippen molar-refractivity contribution >= 4 is 0 Å². The average Bonchev–Trinajstić information content (AvgIpc) is 2.91. The third-order valence-electron chi connectivity index (χ3n) is 5.71. The first kappa shape index (κ1) is 16.1. The van der Waals surface area contributed by atoms with Crippen molar-refractivity contribution in [2.45, 2.75) is 96.9 Å². The number of nitrogens with one attached hydrogen (secondary N) is 1. The van der Waals surface area contributed by atoms with E-state index in [1.807, 2.05) is 0 Å². The molecule has 20 heavy (non-hydrogen) atoms. The molecule has 116 valence electrons. The van der Waals surface area contributed by atoms with Crippen LogP contribution in [0.5, 0.6) is 0 Å². The lowest BCUT2D eigenvalue weighted by molar-refractivity contribution is 0.206. The fraction of sp³-hybridized carbons (Fsp3) is 0.895. The molecule has 0 aromatic heterocycles.